The van der Waals surface area contributed by atoms with Crippen LogP contribution in [0.2, 0.25) is 0 Å². The Balaban J connectivity index is 1.37. The minimum absolute atomic E-state index is 0.151. The summed E-state index contributed by atoms with van der Waals surface area (Å²) in [5, 5.41) is 0. The number of hydrogen-bond donors (Lipinski definition) is 0. The number of benzene rings is 3. The van der Waals surface area contributed by atoms with Crippen molar-refractivity contribution in [3.8, 4) is 22.6 Å². The maximum atomic E-state index is 15.1. The van der Waals surface area contributed by atoms with Crippen molar-refractivity contribution in [1.82, 2.24) is 0 Å². The van der Waals surface area contributed by atoms with Gasteiger partial charge in [-0.25, -0.2) is 18.0 Å². The number of carbonyl (C=O) groups excluding carboxylic acids is 1. The average molecular weight is 545 g/mol. The minimum atomic E-state index is -1.32. The van der Waals surface area contributed by atoms with Crippen LogP contribution in [-0.4, -0.2) is 25.3 Å². The molecule has 0 unspecified atom stereocenters. The molecule has 1 aliphatic carbocycles. The van der Waals surface area contributed by atoms with Crippen LogP contribution in [0.1, 0.15) is 74.2 Å². The fourth-order valence-electron chi connectivity index (χ4n) is 4.83. The third-order valence-corrected chi connectivity index (χ3v) is 7.00. The highest BCUT2D eigenvalue weighted by Crippen LogP contribution is 2.38. The molecule has 0 N–H and O–H groups in total. The third-order valence-electron chi connectivity index (χ3n) is 7.00. The molecule has 1 fully saturated rings. The zero-order chi connectivity index (χ0) is 27.9. The molecule has 3 aromatic carbocycles. The number of carbonyl (C=O) groups is 1. The molecule has 1 aliphatic rings. The summed E-state index contributed by atoms with van der Waals surface area (Å²) in [6.07, 6.45) is 3.11. The predicted octanol–water partition coefficient (Wildman–Crippen LogP) is 8.37. The van der Waals surface area contributed by atoms with Gasteiger partial charge >= 0.3 is 5.97 Å². The van der Waals surface area contributed by atoms with E-state index in [0.29, 0.717) is 43.6 Å². The lowest BCUT2D eigenvalue weighted by Gasteiger charge is -2.29. The topological polar surface area (TPSA) is 44.8 Å². The molecular formula is C31H32F4O4. The first-order valence-electron chi connectivity index (χ1n) is 13.4. The van der Waals surface area contributed by atoms with Crippen LogP contribution in [0.25, 0.3) is 11.1 Å². The van der Waals surface area contributed by atoms with Gasteiger partial charge in [0, 0.05) is 5.56 Å². The van der Waals surface area contributed by atoms with Crippen molar-refractivity contribution in [2.45, 2.75) is 64.4 Å². The summed E-state index contributed by atoms with van der Waals surface area (Å²) in [7, 11) is 0. The van der Waals surface area contributed by atoms with Crippen molar-refractivity contribution in [1.29, 1.82) is 0 Å². The zero-order valence-electron chi connectivity index (χ0n) is 22.1. The lowest BCUT2D eigenvalue weighted by molar-refractivity contribution is 0.0188. The fourth-order valence-corrected chi connectivity index (χ4v) is 4.83. The Morgan fingerprint density at radius 1 is 0.795 bits per heavy atom. The number of ether oxygens (including phenoxy) is 3. The van der Waals surface area contributed by atoms with E-state index in [-0.39, 0.29) is 29.4 Å². The fraction of sp³-hybridized carbons (Fsp3) is 0.387. The van der Waals surface area contributed by atoms with Gasteiger partial charge in [-0.15, -0.1) is 0 Å². The van der Waals surface area contributed by atoms with Gasteiger partial charge in [0.1, 0.15) is 11.9 Å². The van der Waals surface area contributed by atoms with Gasteiger partial charge in [-0.05, 0) is 80.3 Å². The number of hydrogen-bond acceptors (Lipinski definition) is 4. The van der Waals surface area contributed by atoms with Crippen LogP contribution >= 0.6 is 0 Å². The molecule has 0 heterocycles. The molecular weight excluding hydrogens is 512 g/mol. The molecule has 0 amide bonds. The number of esters is 1. The van der Waals surface area contributed by atoms with E-state index < -0.39 is 40.9 Å². The summed E-state index contributed by atoms with van der Waals surface area (Å²) in [5.41, 5.74) is 0.487. The van der Waals surface area contributed by atoms with E-state index in [1.54, 1.807) is 43.3 Å². The van der Waals surface area contributed by atoms with Crippen LogP contribution in [0.4, 0.5) is 17.6 Å². The third kappa shape index (κ3) is 6.54. The molecule has 0 saturated heterocycles. The summed E-state index contributed by atoms with van der Waals surface area (Å²) in [4.78, 5) is 12.5. The molecule has 1 saturated carbocycles. The smallest absolute Gasteiger partial charge is 0.341 e. The first-order valence-corrected chi connectivity index (χ1v) is 13.4. The van der Waals surface area contributed by atoms with Gasteiger partial charge < -0.3 is 14.2 Å². The molecule has 208 valence electrons. The SMILES string of the molecule is CCCCOc1ccc(-c2ccc(C3CCC(OC(=O)c4ccc(OCC)c(F)c4F)CC3)c(F)c2F)cc1. The first kappa shape index (κ1) is 28.5. The second kappa shape index (κ2) is 13.0. The Labute approximate surface area is 225 Å². The second-order valence-corrected chi connectivity index (χ2v) is 9.61. The molecule has 0 bridgehead atoms. The largest absolute Gasteiger partial charge is 0.494 e. The van der Waals surface area contributed by atoms with E-state index >= 15 is 8.78 Å². The number of halogens is 4. The van der Waals surface area contributed by atoms with Crippen molar-refractivity contribution in [2.24, 2.45) is 0 Å². The number of unbranched alkanes of at least 4 members (excludes halogenated alkanes) is 1. The lowest BCUT2D eigenvalue weighted by Crippen LogP contribution is -2.25. The van der Waals surface area contributed by atoms with Gasteiger partial charge in [0.15, 0.2) is 23.2 Å². The van der Waals surface area contributed by atoms with E-state index in [4.69, 9.17) is 14.2 Å². The van der Waals surface area contributed by atoms with Crippen molar-refractivity contribution in [3.05, 3.63) is 82.9 Å². The molecule has 0 aromatic heterocycles. The lowest BCUT2D eigenvalue weighted by atomic mass is 9.82. The van der Waals surface area contributed by atoms with Crippen LogP contribution in [0.15, 0.2) is 48.5 Å². The monoisotopic (exact) mass is 544 g/mol. The Kier molecular flexibility index (Phi) is 9.49. The summed E-state index contributed by atoms with van der Waals surface area (Å²) < 4.78 is 74.7. The Morgan fingerprint density at radius 2 is 1.51 bits per heavy atom. The molecule has 0 aliphatic heterocycles. The van der Waals surface area contributed by atoms with Crippen LogP contribution < -0.4 is 9.47 Å². The molecule has 4 rings (SSSR count). The van der Waals surface area contributed by atoms with Gasteiger partial charge in [0.2, 0.25) is 5.82 Å². The van der Waals surface area contributed by atoms with E-state index in [0.717, 1.165) is 18.9 Å². The highest BCUT2D eigenvalue weighted by molar-refractivity contribution is 5.90. The zero-order valence-corrected chi connectivity index (χ0v) is 22.1. The maximum Gasteiger partial charge on any atom is 0.341 e. The highest BCUT2D eigenvalue weighted by atomic mass is 19.2. The van der Waals surface area contributed by atoms with E-state index in [1.807, 2.05) is 0 Å². The molecule has 0 spiro atoms. The van der Waals surface area contributed by atoms with Crippen molar-refractivity contribution < 1.29 is 36.6 Å². The van der Waals surface area contributed by atoms with Gasteiger partial charge in [-0.3, -0.25) is 0 Å². The van der Waals surface area contributed by atoms with Crippen LogP contribution in [-0.2, 0) is 4.74 Å². The standard InChI is InChI=1S/C31H32F4O4/c1-3-5-18-38-21-10-6-19(7-11-21)23-14-15-24(28(33)27(23)32)20-8-12-22(13-9-20)39-31(36)25-16-17-26(37-4-2)30(35)29(25)34/h6-7,10-11,14-17,20,22H,3-5,8-9,12-13,18H2,1-2H3. The Bertz CT molecular complexity index is 1280. The molecule has 8 heteroatoms. The van der Waals surface area contributed by atoms with E-state index in [1.165, 1.54) is 6.07 Å². The first-order chi connectivity index (χ1) is 18.8. The van der Waals surface area contributed by atoms with Gasteiger partial charge in [-0.1, -0.05) is 37.6 Å². The molecule has 4 nitrogen and oxygen atoms in total. The van der Waals surface area contributed by atoms with Crippen molar-refractivity contribution >= 4 is 5.97 Å². The molecule has 0 radical (unpaired) electrons. The van der Waals surface area contributed by atoms with Crippen LogP contribution in [0.3, 0.4) is 0 Å². The van der Waals surface area contributed by atoms with Crippen molar-refractivity contribution in [2.75, 3.05) is 13.2 Å². The minimum Gasteiger partial charge on any atom is -0.494 e. The van der Waals surface area contributed by atoms with Gasteiger partial charge in [0.05, 0.1) is 18.8 Å². The van der Waals surface area contributed by atoms with E-state index in [2.05, 4.69) is 6.92 Å². The second-order valence-electron chi connectivity index (χ2n) is 9.61. The highest BCUT2D eigenvalue weighted by Gasteiger charge is 2.30. The summed E-state index contributed by atoms with van der Waals surface area (Å²) in [5.74, 6) is -5.18. The predicted molar refractivity (Wildman–Crippen MR) is 140 cm³/mol. The van der Waals surface area contributed by atoms with Crippen LogP contribution in [0.5, 0.6) is 11.5 Å². The van der Waals surface area contributed by atoms with E-state index in [9.17, 15) is 13.6 Å². The molecule has 3 aromatic rings. The number of rotatable bonds is 10. The van der Waals surface area contributed by atoms with Gasteiger partial charge in [0.25, 0.3) is 0 Å². The Hall–Kier alpha value is -3.55. The maximum absolute atomic E-state index is 15.1. The summed E-state index contributed by atoms with van der Waals surface area (Å²) in [6, 6.07) is 12.4. The quantitative estimate of drug-likeness (QED) is 0.146. The van der Waals surface area contributed by atoms with Crippen LogP contribution in [0, 0.1) is 23.3 Å². The van der Waals surface area contributed by atoms with Crippen molar-refractivity contribution in [3.63, 3.8) is 0 Å². The normalized spacial score (nSPS) is 17.1. The summed E-state index contributed by atoms with van der Waals surface area (Å²) >= 11 is 0. The Morgan fingerprint density at radius 3 is 2.18 bits per heavy atom. The average Bonchev–Trinajstić information content (AvgIpc) is 2.94. The molecule has 0 atom stereocenters. The molecule has 39 heavy (non-hydrogen) atoms. The van der Waals surface area contributed by atoms with Gasteiger partial charge in [-0.2, -0.15) is 4.39 Å². The summed E-state index contributed by atoms with van der Waals surface area (Å²) in [6.45, 7) is 4.46.